The molecular weight excluding hydrogens is 324 g/mol. The summed E-state index contributed by atoms with van der Waals surface area (Å²) in [6.45, 7) is 12.5. The number of amides is 1. The lowest BCUT2D eigenvalue weighted by molar-refractivity contribution is 0.0236. The standard InChI is InChI=1S/C18H32N2O3S/c1-16(2,3)23-15(21)20-12-11-18(9-7-8-10-18)14(13-20)19-24(22)17(4,5)6/h7-13H2,1-6H3/b19-14-/t24-/m1/s1. The van der Waals surface area contributed by atoms with Crippen LogP contribution in [0.3, 0.4) is 0 Å². The van der Waals surface area contributed by atoms with Gasteiger partial charge in [-0.25, -0.2) is 4.79 Å². The van der Waals surface area contributed by atoms with Crippen LogP contribution >= 0.6 is 0 Å². The predicted molar refractivity (Wildman–Crippen MR) is 98.7 cm³/mol. The number of nitrogens with zero attached hydrogens (tertiary/aromatic N) is 2. The first-order chi connectivity index (χ1) is 10.9. The van der Waals surface area contributed by atoms with E-state index in [9.17, 15) is 9.35 Å². The Bertz CT molecular complexity index is 499. The van der Waals surface area contributed by atoms with Crippen LogP contribution < -0.4 is 0 Å². The smallest absolute Gasteiger partial charge is 0.410 e. The Hall–Kier alpha value is -0.750. The summed E-state index contributed by atoms with van der Waals surface area (Å²) in [7, 11) is 0. The summed E-state index contributed by atoms with van der Waals surface area (Å²) < 4.78 is 22.3. The molecule has 1 heterocycles. The normalized spacial score (nSPS) is 24.5. The summed E-state index contributed by atoms with van der Waals surface area (Å²) in [5.74, 6) is 0. The van der Waals surface area contributed by atoms with Crippen molar-refractivity contribution >= 4 is 23.2 Å². The van der Waals surface area contributed by atoms with Gasteiger partial charge in [0.25, 0.3) is 0 Å². The van der Waals surface area contributed by atoms with E-state index in [0.717, 1.165) is 25.0 Å². The summed E-state index contributed by atoms with van der Waals surface area (Å²) in [6.07, 6.45) is 5.16. The van der Waals surface area contributed by atoms with Crippen LogP contribution in [0.2, 0.25) is 0 Å². The average Bonchev–Trinajstić information content (AvgIpc) is 2.87. The Balaban J connectivity index is 2.21. The Morgan fingerprint density at radius 2 is 1.75 bits per heavy atom. The van der Waals surface area contributed by atoms with E-state index < -0.39 is 17.0 Å². The van der Waals surface area contributed by atoms with E-state index in [2.05, 4.69) is 4.40 Å². The molecule has 2 aliphatic rings. The van der Waals surface area contributed by atoms with Gasteiger partial charge in [0, 0.05) is 12.0 Å². The molecule has 1 aliphatic carbocycles. The molecule has 1 spiro atoms. The number of likely N-dealkylation sites (tertiary alicyclic amines) is 1. The van der Waals surface area contributed by atoms with E-state index in [1.807, 2.05) is 41.5 Å². The second kappa shape index (κ2) is 6.87. The van der Waals surface area contributed by atoms with Crippen molar-refractivity contribution in [2.75, 3.05) is 13.1 Å². The number of hydrogen-bond donors (Lipinski definition) is 0. The molecule has 0 aromatic heterocycles. The average molecular weight is 357 g/mol. The maximum Gasteiger partial charge on any atom is 0.410 e. The van der Waals surface area contributed by atoms with Gasteiger partial charge in [0.1, 0.15) is 21.7 Å². The van der Waals surface area contributed by atoms with E-state index in [4.69, 9.17) is 4.74 Å². The molecule has 138 valence electrons. The maximum absolute atomic E-state index is 12.6. The minimum atomic E-state index is -1.29. The number of carbonyl (C=O) groups excluding carboxylic acids is 1. The zero-order valence-corrected chi connectivity index (χ0v) is 16.8. The molecule has 0 aromatic carbocycles. The molecule has 0 unspecified atom stereocenters. The molecule has 0 bridgehead atoms. The lowest BCUT2D eigenvalue weighted by Gasteiger charge is -2.40. The molecule has 5 nitrogen and oxygen atoms in total. The topological polar surface area (TPSA) is 65.0 Å². The number of hydrogen-bond acceptors (Lipinski definition) is 4. The summed E-state index contributed by atoms with van der Waals surface area (Å²) in [4.78, 5) is 14.1. The minimum Gasteiger partial charge on any atom is -0.591 e. The first-order valence-corrected chi connectivity index (χ1v) is 10.0. The predicted octanol–water partition coefficient (Wildman–Crippen LogP) is 4.09. The summed E-state index contributed by atoms with van der Waals surface area (Å²) in [6, 6.07) is 0. The highest BCUT2D eigenvalue weighted by molar-refractivity contribution is 7.91. The molecule has 1 saturated carbocycles. The Kier molecular flexibility index (Phi) is 5.60. The van der Waals surface area contributed by atoms with Gasteiger partial charge in [-0.3, -0.25) is 0 Å². The fraction of sp³-hybridized carbons (Fsp3) is 0.889. The van der Waals surface area contributed by atoms with E-state index in [-0.39, 0.29) is 16.3 Å². The molecule has 1 atom stereocenters. The molecule has 0 aromatic rings. The van der Waals surface area contributed by atoms with Gasteiger partial charge in [-0.1, -0.05) is 17.2 Å². The second-order valence-corrected chi connectivity index (χ2v) is 10.9. The van der Waals surface area contributed by atoms with Gasteiger partial charge < -0.3 is 14.2 Å². The number of piperidine rings is 1. The molecule has 2 rings (SSSR count). The van der Waals surface area contributed by atoms with Gasteiger partial charge in [-0.2, -0.15) is 0 Å². The maximum atomic E-state index is 12.6. The van der Waals surface area contributed by atoms with Crippen LogP contribution in [0, 0.1) is 5.41 Å². The Morgan fingerprint density at radius 3 is 2.25 bits per heavy atom. The summed E-state index contributed by atoms with van der Waals surface area (Å²) in [5, 5.41) is 0. The van der Waals surface area contributed by atoms with Crippen LogP contribution in [0.25, 0.3) is 0 Å². The third-order valence-corrected chi connectivity index (χ3v) is 6.18. The molecule has 2 fully saturated rings. The van der Waals surface area contributed by atoms with E-state index in [0.29, 0.717) is 13.1 Å². The Labute approximate surface area is 149 Å². The molecule has 0 N–H and O–H groups in total. The third-order valence-electron chi connectivity index (χ3n) is 4.74. The fourth-order valence-corrected chi connectivity index (χ4v) is 4.08. The van der Waals surface area contributed by atoms with Crippen molar-refractivity contribution in [1.82, 2.24) is 4.90 Å². The monoisotopic (exact) mass is 356 g/mol. The zero-order valence-electron chi connectivity index (χ0n) is 16.0. The Morgan fingerprint density at radius 1 is 1.17 bits per heavy atom. The van der Waals surface area contributed by atoms with Gasteiger partial charge in [0.05, 0.1) is 12.3 Å². The molecule has 1 saturated heterocycles. The SMILES string of the molecule is CC(C)(C)OC(=O)N1CCC2(CCCC2)/C(=N\[S@+]([O-])C(C)(C)C)C1. The lowest BCUT2D eigenvalue weighted by Crippen LogP contribution is -2.51. The molecule has 1 aliphatic heterocycles. The van der Waals surface area contributed by atoms with Gasteiger partial charge in [-0.05, 0) is 60.8 Å². The van der Waals surface area contributed by atoms with Crippen molar-refractivity contribution < 1.29 is 14.1 Å². The van der Waals surface area contributed by atoms with Crippen LogP contribution in [0.5, 0.6) is 0 Å². The van der Waals surface area contributed by atoms with Gasteiger partial charge >= 0.3 is 6.09 Å². The number of ether oxygens (including phenoxy) is 1. The third kappa shape index (κ3) is 4.66. The summed E-state index contributed by atoms with van der Waals surface area (Å²) in [5.41, 5.74) is 0.468. The van der Waals surface area contributed by atoms with Crippen LogP contribution in [0.15, 0.2) is 4.40 Å². The summed E-state index contributed by atoms with van der Waals surface area (Å²) >= 11 is -1.29. The van der Waals surface area contributed by atoms with Crippen LogP contribution in [-0.4, -0.2) is 44.7 Å². The van der Waals surface area contributed by atoms with Crippen LogP contribution in [0.1, 0.15) is 73.6 Å². The minimum absolute atomic E-state index is 0.0411. The molecular formula is C18H32N2O3S. The first kappa shape index (κ1) is 19.6. The van der Waals surface area contributed by atoms with E-state index >= 15 is 0 Å². The van der Waals surface area contributed by atoms with E-state index in [1.54, 1.807) is 4.90 Å². The lowest BCUT2D eigenvalue weighted by atomic mass is 9.75. The molecule has 6 heteroatoms. The highest BCUT2D eigenvalue weighted by atomic mass is 32.2. The van der Waals surface area contributed by atoms with Crippen molar-refractivity contribution in [3.05, 3.63) is 0 Å². The van der Waals surface area contributed by atoms with Gasteiger partial charge in [0.15, 0.2) is 0 Å². The number of carbonyl (C=O) groups is 1. The highest BCUT2D eigenvalue weighted by Crippen LogP contribution is 2.45. The van der Waals surface area contributed by atoms with Crippen molar-refractivity contribution in [2.24, 2.45) is 9.81 Å². The fourth-order valence-electron chi connectivity index (χ4n) is 3.36. The molecule has 24 heavy (non-hydrogen) atoms. The van der Waals surface area contributed by atoms with Crippen LogP contribution in [-0.2, 0) is 16.1 Å². The quantitative estimate of drug-likeness (QED) is 0.665. The second-order valence-electron chi connectivity index (χ2n) is 9.04. The van der Waals surface area contributed by atoms with Gasteiger partial charge in [-0.15, -0.1) is 0 Å². The van der Waals surface area contributed by atoms with Crippen molar-refractivity contribution in [2.45, 2.75) is 84.0 Å². The van der Waals surface area contributed by atoms with Crippen molar-refractivity contribution in [1.29, 1.82) is 0 Å². The van der Waals surface area contributed by atoms with Crippen molar-refractivity contribution in [3.63, 3.8) is 0 Å². The highest BCUT2D eigenvalue weighted by Gasteiger charge is 2.46. The largest absolute Gasteiger partial charge is 0.591 e. The van der Waals surface area contributed by atoms with Crippen molar-refractivity contribution in [3.8, 4) is 0 Å². The van der Waals surface area contributed by atoms with E-state index in [1.165, 1.54) is 12.8 Å². The molecule has 0 radical (unpaired) electrons. The van der Waals surface area contributed by atoms with Crippen LogP contribution in [0.4, 0.5) is 4.79 Å². The van der Waals surface area contributed by atoms with Gasteiger partial charge in [0.2, 0.25) is 0 Å². The molecule has 1 amide bonds. The number of rotatable bonds is 1. The first-order valence-electron chi connectivity index (χ1n) is 8.91. The zero-order chi connectivity index (χ0) is 18.2.